The lowest BCUT2D eigenvalue weighted by Gasteiger charge is -2.20. The second kappa shape index (κ2) is 2.59. The zero-order valence-corrected chi connectivity index (χ0v) is 6.10. The van der Waals surface area contributed by atoms with Gasteiger partial charge in [-0.3, -0.25) is 0 Å². The molecule has 0 aromatic carbocycles. The monoisotopic (exact) mass is 136 g/mol. The van der Waals surface area contributed by atoms with Crippen LogP contribution in [0.4, 0.5) is 0 Å². The molecule has 1 heterocycles. The van der Waals surface area contributed by atoms with Crippen LogP contribution >= 0.6 is 0 Å². The lowest BCUT2D eigenvalue weighted by Crippen LogP contribution is -2.11. The second-order valence-corrected chi connectivity index (χ2v) is 2.87. The summed E-state index contributed by atoms with van der Waals surface area (Å²) in [6.07, 6.45) is 8.14. The van der Waals surface area contributed by atoms with Crippen molar-refractivity contribution in [3.05, 3.63) is 23.3 Å². The average Bonchev–Trinajstić information content (AvgIpc) is 2.05. The van der Waals surface area contributed by atoms with Gasteiger partial charge in [-0.25, -0.2) is 0 Å². The number of hydrogen-bond donors (Lipinski definition) is 0. The van der Waals surface area contributed by atoms with Crippen LogP contribution in [-0.2, 0) is 4.74 Å². The zero-order chi connectivity index (χ0) is 6.81. The predicted octanol–water partition coefficient (Wildman–Crippen LogP) is 2.05. The van der Waals surface area contributed by atoms with Gasteiger partial charge in [-0.05, 0) is 24.8 Å². The van der Waals surface area contributed by atoms with E-state index < -0.39 is 0 Å². The maximum atomic E-state index is 5.33. The van der Waals surface area contributed by atoms with Crippen LogP contribution in [0.3, 0.4) is 0 Å². The molecule has 1 aliphatic carbocycles. The molecule has 0 aromatic heterocycles. The molecular formula is C9H12O. The fourth-order valence-electron chi connectivity index (χ4n) is 1.57. The van der Waals surface area contributed by atoms with Gasteiger partial charge in [0.05, 0.1) is 13.2 Å². The van der Waals surface area contributed by atoms with Crippen molar-refractivity contribution in [2.75, 3.05) is 13.2 Å². The van der Waals surface area contributed by atoms with E-state index in [0.717, 1.165) is 13.2 Å². The summed E-state index contributed by atoms with van der Waals surface area (Å²) in [5.41, 5.74) is 3.08. The van der Waals surface area contributed by atoms with Gasteiger partial charge in [0, 0.05) is 0 Å². The zero-order valence-electron chi connectivity index (χ0n) is 6.10. The Bertz CT molecular complexity index is 189. The molecule has 0 radical (unpaired) electrons. The van der Waals surface area contributed by atoms with Crippen molar-refractivity contribution in [2.45, 2.75) is 19.3 Å². The molecule has 2 aliphatic rings. The Morgan fingerprint density at radius 3 is 3.20 bits per heavy atom. The highest BCUT2D eigenvalue weighted by Crippen LogP contribution is 2.24. The van der Waals surface area contributed by atoms with Crippen LogP contribution < -0.4 is 0 Å². The third kappa shape index (κ3) is 1.01. The highest BCUT2D eigenvalue weighted by atomic mass is 16.5. The largest absolute Gasteiger partial charge is 0.376 e. The van der Waals surface area contributed by atoms with Crippen molar-refractivity contribution in [3.63, 3.8) is 0 Å². The molecule has 0 spiro atoms. The van der Waals surface area contributed by atoms with Crippen LogP contribution in [0.2, 0.25) is 0 Å². The summed E-state index contributed by atoms with van der Waals surface area (Å²) in [5, 5.41) is 0. The minimum absolute atomic E-state index is 0.853. The fourth-order valence-corrected chi connectivity index (χ4v) is 1.57. The molecule has 0 N–H and O–H groups in total. The molecule has 0 fully saturated rings. The summed E-state index contributed by atoms with van der Waals surface area (Å²) < 4.78 is 5.33. The van der Waals surface area contributed by atoms with Gasteiger partial charge in [0.15, 0.2) is 0 Å². The first-order valence-corrected chi connectivity index (χ1v) is 3.92. The van der Waals surface area contributed by atoms with Gasteiger partial charge < -0.3 is 4.74 Å². The Hall–Kier alpha value is -0.560. The summed E-state index contributed by atoms with van der Waals surface area (Å²) >= 11 is 0. The van der Waals surface area contributed by atoms with Crippen LogP contribution in [0, 0.1) is 0 Å². The normalized spacial score (nSPS) is 24.8. The van der Waals surface area contributed by atoms with Crippen molar-refractivity contribution in [3.8, 4) is 0 Å². The average molecular weight is 136 g/mol. The van der Waals surface area contributed by atoms with Gasteiger partial charge >= 0.3 is 0 Å². The molecule has 1 aliphatic heterocycles. The number of allylic oxidation sites excluding steroid dienone is 1. The SMILES string of the molecule is C1=CC2=C(CC1)CCOC2. The van der Waals surface area contributed by atoms with Gasteiger partial charge in [-0.2, -0.15) is 0 Å². The molecule has 0 amide bonds. The third-order valence-electron chi connectivity index (χ3n) is 2.19. The van der Waals surface area contributed by atoms with Gasteiger partial charge in [-0.15, -0.1) is 0 Å². The van der Waals surface area contributed by atoms with Crippen molar-refractivity contribution in [1.29, 1.82) is 0 Å². The highest BCUT2D eigenvalue weighted by molar-refractivity contribution is 5.31. The lowest BCUT2D eigenvalue weighted by atomic mass is 9.94. The highest BCUT2D eigenvalue weighted by Gasteiger charge is 2.12. The summed E-state index contributed by atoms with van der Waals surface area (Å²) in [5.74, 6) is 0. The lowest BCUT2D eigenvalue weighted by molar-refractivity contribution is 0.147. The summed E-state index contributed by atoms with van der Waals surface area (Å²) in [6.45, 7) is 1.79. The van der Waals surface area contributed by atoms with E-state index in [-0.39, 0.29) is 0 Å². The Labute approximate surface area is 61.4 Å². The Morgan fingerprint density at radius 2 is 2.30 bits per heavy atom. The van der Waals surface area contributed by atoms with E-state index in [1.807, 2.05) is 0 Å². The number of rotatable bonds is 0. The molecule has 54 valence electrons. The number of ether oxygens (including phenoxy) is 1. The van der Waals surface area contributed by atoms with E-state index in [2.05, 4.69) is 12.2 Å². The van der Waals surface area contributed by atoms with Gasteiger partial charge in [-0.1, -0.05) is 17.7 Å². The third-order valence-corrected chi connectivity index (χ3v) is 2.19. The maximum Gasteiger partial charge on any atom is 0.0716 e. The standard InChI is InChI=1S/C9H12O/c1-2-4-9-7-10-6-5-8(9)3-1/h2,4H,1,3,5-7H2. The van der Waals surface area contributed by atoms with E-state index in [1.165, 1.54) is 24.8 Å². The Balaban J connectivity index is 2.23. The van der Waals surface area contributed by atoms with E-state index in [0.29, 0.717) is 0 Å². The van der Waals surface area contributed by atoms with Gasteiger partial charge in [0.2, 0.25) is 0 Å². The first-order chi connectivity index (χ1) is 4.97. The van der Waals surface area contributed by atoms with Crippen molar-refractivity contribution < 1.29 is 4.74 Å². The van der Waals surface area contributed by atoms with Crippen LogP contribution in [0.5, 0.6) is 0 Å². The summed E-state index contributed by atoms with van der Waals surface area (Å²) in [6, 6.07) is 0. The maximum absolute atomic E-state index is 5.33. The topological polar surface area (TPSA) is 9.23 Å². The molecule has 1 nitrogen and oxygen atoms in total. The molecule has 1 heteroatoms. The molecular weight excluding hydrogens is 124 g/mol. The smallest absolute Gasteiger partial charge is 0.0716 e. The van der Waals surface area contributed by atoms with Crippen molar-refractivity contribution >= 4 is 0 Å². The van der Waals surface area contributed by atoms with Crippen LogP contribution in [0.25, 0.3) is 0 Å². The van der Waals surface area contributed by atoms with Gasteiger partial charge in [0.1, 0.15) is 0 Å². The van der Waals surface area contributed by atoms with Crippen LogP contribution in [0.15, 0.2) is 23.3 Å². The fraction of sp³-hybridized carbons (Fsp3) is 0.556. The van der Waals surface area contributed by atoms with E-state index in [1.54, 1.807) is 5.57 Å². The Kier molecular flexibility index (Phi) is 1.60. The molecule has 0 atom stereocenters. The first kappa shape index (κ1) is 6.17. The van der Waals surface area contributed by atoms with E-state index in [9.17, 15) is 0 Å². The van der Waals surface area contributed by atoms with Crippen LogP contribution in [0.1, 0.15) is 19.3 Å². The Morgan fingerprint density at radius 1 is 1.30 bits per heavy atom. The van der Waals surface area contributed by atoms with Crippen molar-refractivity contribution in [2.24, 2.45) is 0 Å². The number of hydrogen-bond acceptors (Lipinski definition) is 1. The summed E-state index contributed by atoms with van der Waals surface area (Å²) in [4.78, 5) is 0. The minimum Gasteiger partial charge on any atom is -0.376 e. The van der Waals surface area contributed by atoms with E-state index >= 15 is 0 Å². The summed E-state index contributed by atoms with van der Waals surface area (Å²) in [7, 11) is 0. The molecule has 0 saturated heterocycles. The second-order valence-electron chi connectivity index (χ2n) is 2.87. The molecule has 10 heavy (non-hydrogen) atoms. The van der Waals surface area contributed by atoms with Crippen LogP contribution in [-0.4, -0.2) is 13.2 Å². The molecule has 0 aromatic rings. The molecule has 2 rings (SSSR count). The van der Waals surface area contributed by atoms with E-state index in [4.69, 9.17) is 4.74 Å². The first-order valence-electron chi connectivity index (χ1n) is 3.92. The minimum atomic E-state index is 0.853. The molecule has 0 bridgehead atoms. The molecule has 0 unspecified atom stereocenters. The van der Waals surface area contributed by atoms with Gasteiger partial charge in [0.25, 0.3) is 0 Å². The predicted molar refractivity (Wildman–Crippen MR) is 40.8 cm³/mol. The molecule has 0 saturated carbocycles. The quantitative estimate of drug-likeness (QED) is 0.495. The van der Waals surface area contributed by atoms with Crippen molar-refractivity contribution in [1.82, 2.24) is 0 Å².